The van der Waals surface area contributed by atoms with E-state index in [4.69, 9.17) is 4.74 Å². The largest absolute Gasteiger partial charge is 0.497 e. The Morgan fingerprint density at radius 3 is 2.84 bits per heavy atom. The van der Waals surface area contributed by atoms with Gasteiger partial charge in [0.2, 0.25) is 0 Å². The number of carbonyl (C=O) groups is 1. The van der Waals surface area contributed by atoms with E-state index in [1.54, 1.807) is 12.1 Å². The van der Waals surface area contributed by atoms with Gasteiger partial charge in [-0.3, -0.25) is 4.79 Å². The van der Waals surface area contributed by atoms with Crippen molar-refractivity contribution < 1.29 is 13.9 Å². The molecule has 0 amide bonds. The molecule has 0 bridgehead atoms. The molecule has 3 heteroatoms. The lowest BCUT2D eigenvalue weighted by molar-refractivity contribution is 0.0857. The van der Waals surface area contributed by atoms with E-state index in [0.717, 1.165) is 25.7 Å². The van der Waals surface area contributed by atoms with Crippen molar-refractivity contribution in [3.05, 3.63) is 29.6 Å². The van der Waals surface area contributed by atoms with Gasteiger partial charge in [-0.25, -0.2) is 4.39 Å². The Morgan fingerprint density at radius 2 is 2.21 bits per heavy atom. The van der Waals surface area contributed by atoms with Gasteiger partial charge in [-0.1, -0.05) is 26.2 Å². The summed E-state index contributed by atoms with van der Waals surface area (Å²) in [5.41, 5.74) is 0.211. The summed E-state index contributed by atoms with van der Waals surface area (Å²) in [6.45, 7) is 2.16. The van der Waals surface area contributed by atoms with Crippen LogP contribution in [-0.2, 0) is 0 Å². The third-order valence-electron chi connectivity index (χ3n) is 4.17. The number of carbonyl (C=O) groups excluding carboxylic acids is 1. The molecule has 2 atom stereocenters. The highest BCUT2D eigenvalue weighted by Gasteiger charge is 2.28. The second kappa shape index (κ2) is 6.18. The number of ether oxygens (including phenoxy) is 1. The molecule has 1 saturated carbocycles. The number of hydrogen-bond acceptors (Lipinski definition) is 2. The van der Waals surface area contributed by atoms with E-state index in [-0.39, 0.29) is 17.3 Å². The number of Topliss-reactive ketones (excluding diaryl/α,β-unsaturated/α-hetero) is 1. The molecule has 1 aliphatic rings. The maximum absolute atomic E-state index is 13.9. The summed E-state index contributed by atoms with van der Waals surface area (Å²) in [5.74, 6) is 0.538. The molecule has 0 spiro atoms. The SMILES string of the molecule is CCC1CCCC(C(=O)c2ccc(OC)cc2F)C1. The predicted octanol–water partition coefficient (Wildman–Crippen LogP) is 4.23. The number of rotatable bonds is 4. The van der Waals surface area contributed by atoms with E-state index in [1.807, 2.05) is 0 Å². The van der Waals surface area contributed by atoms with Crippen molar-refractivity contribution in [3.8, 4) is 5.75 Å². The Hall–Kier alpha value is -1.38. The fourth-order valence-electron chi connectivity index (χ4n) is 2.94. The van der Waals surface area contributed by atoms with Crippen LogP contribution in [0.1, 0.15) is 49.4 Å². The zero-order chi connectivity index (χ0) is 13.8. The van der Waals surface area contributed by atoms with Gasteiger partial charge < -0.3 is 4.74 Å². The second-order valence-corrected chi connectivity index (χ2v) is 5.35. The summed E-state index contributed by atoms with van der Waals surface area (Å²) in [7, 11) is 1.49. The number of halogens is 1. The molecule has 0 N–H and O–H groups in total. The minimum atomic E-state index is -0.469. The van der Waals surface area contributed by atoms with Crippen molar-refractivity contribution >= 4 is 5.78 Å². The van der Waals surface area contributed by atoms with E-state index in [9.17, 15) is 9.18 Å². The van der Waals surface area contributed by atoms with Crippen LogP contribution in [0.15, 0.2) is 18.2 Å². The number of benzene rings is 1. The van der Waals surface area contributed by atoms with Crippen LogP contribution in [0.4, 0.5) is 4.39 Å². The lowest BCUT2D eigenvalue weighted by Crippen LogP contribution is -2.23. The fraction of sp³-hybridized carbons (Fsp3) is 0.562. The molecule has 104 valence electrons. The van der Waals surface area contributed by atoms with Crippen LogP contribution in [0.3, 0.4) is 0 Å². The van der Waals surface area contributed by atoms with Crippen molar-refractivity contribution in [1.29, 1.82) is 0 Å². The van der Waals surface area contributed by atoms with Crippen molar-refractivity contribution in [3.63, 3.8) is 0 Å². The van der Waals surface area contributed by atoms with E-state index < -0.39 is 5.82 Å². The third kappa shape index (κ3) is 3.14. The van der Waals surface area contributed by atoms with Crippen LogP contribution in [0.5, 0.6) is 5.75 Å². The minimum absolute atomic E-state index is 0.0124. The van der Waals surface area contributed by atoms with Gasteiger partial charge >= 0.3 is 0 Å². The summed E-state index contributed by atoms with van der Waals surface area (Å²) < 4.78 is 18.9. The molecule has 2 rings (SSSR count). The minimum Gasteiger partial charge on any atom is -0.497 e. The van der Waals surface area contributed by atoms with Crippen molar-refractivity contribution in [2.75, 3.05) is 7.11 Å². The first-order valence-corrected chi connectivity index (χ1v) is 7.03. The standard InChI is InChI=1S/C16H21FO2/c1-3-11-5-4-6-12(9-11)16(18)14-8-7-13(19-2)10-15(14)17/h7-8,10-12H,3-6,9H2,1-2H3. The average Bonchev–Trinajstić information content (AvgIpc) is 2.46. The lowest BCUT2D eigenvalue weighted by atomic mass is 9.77. The lowest BCUT2D eigenvalue weighted by Gasteiger charge is -2.27. The van der Waals surface area contributed by atoms with Gasteiger partial charge in [0.25, 0.3) is 0 Å². The van der Waals surface area contributed by atoms with Gasteiger partial charge in [0.1, 0.15) is 11.6 Å². The molecular formula is C16H21FO2. The van der Waals surface area contributed by atoms with Crippen LogP contribution in [0.25, 0.3) is 0 Å². The van der Waals surface area contributed by atoms with Crippen LogP contribution < -0.4 is 4.74 Å². The quantitative estimate of drug-likeness (QED) is 0.760. The van der Waals surface area contributed by atoms with Crippen LogP contribution in [0, 0.1) is 17.7 Å². The topological polar surface area (TPSA) is 26.3 Å². The predicted molar refractivity (Wildman–Crippen MR) is 73.0 cm³/mol. The Kier molecular flexibility index (Phi) is 4.56. The Labute approximate surface area is 114 Å². The molecule has 1 fully saturated rings. The molecule has 0 aromatic heterocycles. The van der Waals surface area contributed by atoms with Gasteiger partial charge in [-0.05, 0) is 30.9 Å². The summed E-state index contributed by atoms with van der Waals surface area (Å²) >= 11 is 0. The molecule has 2 nitrogen and oxygen atoms in total. The highest BCUT2D eigenvalue weighted by molar-refractivity contribution is 5.98. The molecule has 2 unspecified atom stereocenters. The molecule has 0 radical (unpaired) electrons. The summed E-state index contributed by atoms with van der Waals surface area (Å²) in [4.78, 5) is 12.4. The molecule has 0 heterocycles. The number of hydrogen-bond donors (Lipinski definition) is 0. The summed E-state index contributed by atoms with van der Waals surface area (Å²) in [6.07, 6.45) is 5.18. The van der Waals surface area contributed by atoms with E-state index >= 15 is 0 Å². The normalized spacial score (nSPS) is 23.1. The number of methoxy groups -OCH3 is 1. The molecule has 0 aliphatic heterocycles. The first-order valence-electron chi connectivity index (χ1n) is 7.03. The molecule has 19 heavy (non-hydrogen) atoms. The fourth-order valence-corrected chi connectivity index (χ4v) is 2.94. The Morgan fingerprint density at radius 1 is 1.42 bits per heavy atom. The summed E-state index contributed by atoms with van der Waals surface area (Å²) in [5, 5.41) is 0. The van der Waals surface area contributed by atoms with Crippen LogP contribution >= 0.6 is 0 Å². The van der Waals surface area contributed by atoms with E-state index in [2.05, 4.69) is 6.92 Å². The first kappa shape index (κ1) is 14.0. The van der Waals surface area contributed by atoms with Crippen molar-refractivity contribution in [2.24, 2.45) is 11.8 Å². The monoisotopic (exact) mass is 264 g/mol. The van der Waals surface area contributed by atoms with Gasteiger partial charge in [-0.2, -0.15) is 0 Å². The second-order valence-electron chi connectivity index (χ2n) is 5.35. The van der Waals surface area contributed by atoms with Gasteiger partial charge in [0, 0.05) is 12.0 Å². The van der Waals surface area contributed by atoms with Crippen LogP contribution in [-0.4, -0.2) is 12.9 Å². The molecule has 1 aromatic carbocycles. The van der Waals surface area contributed by atoms with E-state index in [0.29, 0.717) is 11.7 Å². The Balaban J connectivity index is 2.15. The summed E-state index contributed by atoms with van der Waals surface area (Å²) in [6, 6.07) is 4.48. The van der Waals surface area contributed by atoms with Gasteiger partial charge in [0.15, 0.2) is 5.78 Å². The molecule has 1 aromatic rings. The van der Waals surface area contributed by atoms with E-state index in [1.165, 1.54) is 19.6 Å². The Bertz CT molecular complexity index is 456. The highest BCUT2D eigenvalue weighted by atomic mass is 19.1. The molecular weight excluding hydrogens is 243 g/mol. The number of ketones is 1. The maximum atomic E-state index is 13.9. The van der Waals surface area contributed by atoms with Crippen molar-refractivity contribution in [1.82, 2.24) is 0 Å². The molecule has 0 saturated heterocycles. The van der Waals surface area contributed by atoms with Crippen LogP contribution in [0.2, 0.25) is 0 Å². The highest BCUT2D eigenvalue weighted by Crippen LogP contribution is 2.33. The first-order chi connectivity index (χ1) is 9.15. The third-order valence-corrected chi connectivity index (χ3v) is 4.17. The van der Waals surface area contributed by atoms with Crippen molar-refractivity contribution in [2.45, 2.75) is 39.0 Å². The van der Waals surface area contributed by atoms with Gasteiger partial charge in [-0.15, -0.1) is 0 Å². The smallest absolute Gasteiger partial charge is 0.168 e. The average molecular weight is 264 g/mol. The van der Waals surface area contributed by atoms with Gasteiger partial charge in [0.05, 0.1) is 12.7 Å². The zero-order valence-electron chi connectivity index (χ0n) is 11.6. The molecule has 1 aliphatic carbocycles. The maximum Gasteiger partial charge on any atom is 0.168 e. The zero-order valence-corrected chi connectivity index (χ0v) is 11.6.